The lowest BCUT2D eigenvalue weighted by molar-refractivity contribution is 0.702. The van der Waals surface area contributed by atoms with Crippen LogP contribution < -0.4 is 5.84 Å². The molecule has 0 saturated heterocycles. The summed E-state index contributed by atoms with van der Waals surface area (Å²) in [5.74, 6) is 5.59. The summed E-state index contributed by atoms with van der Waals surface area (Å²) >= 11 is 0. The summed E-state index contributed by atoms with van der Waals surface area (Å²) in [6.45, 7) is 4.46. The number of unbranched alkanes of at least 4 members (excludes halogenated alkanes) is 3. The van der Waals surface area contributed by atoms with Crippen molar-refractivity contribution in [2.75, 3.05) is 5.84 Å². The van der Waals surface area contributed by atoms with Crippen molar-refractivity contribution >= 4 is 10.9 Å². The molecular formula is C14H22N2. The van der Waals surface area contributed by atoms with E-state index >= 15 is 0 Å². The zero-order valence-electron chi connectivity index (χ0n) is 10.3. The first-order valence-corrected chi connectivity index (χ1v) is 6.10. The minimum atomic E-state index is 1.07. The molecule has 0 atom stereocenters. The van der Waals surface area contributed by atoms with E-state index in [0.29, 0.717) is 0 Å². The standard InChI is InChI=1S/C8H8N2.C6H14/c9-10-6-5-7-3-1-2-4-8(7)10;1-3-5-6-4-2/h1-6H,9H2;3-6H2,1-2H3. The van der Waals surface area contributed by atoms with Crippen LogP contribution in [0.3, 0.4) is 0 Å². The molecule has 0 aliphatic rings. The number of rotatable bonds is 3. The van der Waals surface area contributed by atoms with Crippen LogP contribution in [-0.2, 0) is 0 Å². The topological polar surface area (TPSA) is 30.9 Å². The zero-order chi connectivity index (χ0) is 11.8. The quantitative estimate of drug-likeness (QED) is 0.614. The van der Waals surface area contributed by atoms with Gasteiger partial charge in [0.2, 0.25) is 0 Å². The Morgan fingerprint density at radius 1 is 1.00 bits per heavy atom. The average molecular weight is 218 g/mol. The van der Waals surface area contributed by atoms with Gasteiger partial charge in [0.25, 0.3) is 0 Å². The normalized spacial score (nSPS) is 9.88. The average Bonchev–Trinajstić information content (AvgIpc) is 2.70. The lowest BCUT2D eigenvalue weighted by Gasteiger charge is -1.92. The summed E-state index contributed by atoms with van der Waals surface area (Å²) in [7, 11) is 0. The molecule has 2 aromatic rings. The minimum absolute atomic E-state index is 1.07. The molecule has 0 fully saturated rings. The molecular weight excluding hydrogens is 196 g/mol. The number of nitrogens with zero attached hydrogens (tertiary/aromatic N) is 1. The maximum Gasteiger partial charge on any atom is 0.0690 e. The van der Waals surface area contributed by atoms with Crippen LogP contribution in [0.1, 0.15) is 39.5 Å². The third-order valence-corrected chi connectivity index (χ3v) is 2.59. The second kappa shape index (κ2) is 6.94. The number of aromatic nitrogens is 1. The van der Waals surface area contributed by atoms with E-state index in [9.17, 15) is 0 Å². The number of nitrogen functional groups attached to an aromatic ring is 1. The highest BCUT2D eigenvalue weighted by Crippen LogP contribution is 2.11. The van der Waals surface area contributed by atoms with E-state index < -0.39 is 0 Å². The van der Waals surface area contributed by atoms with Crippen LogP contribution in [0, 0.1) is 0 Å². The third-order valence-electron chi connectivity index (χ3n) is 2.59. The van der Waals surface area contributed by atoms with Gasteiger partial charge in [-0.25, -0.2) is 0 Å². The fourth-order valence-corrected chi connectivity index (χ4v) is 1.60. The lowest BCUT2D eigenvalue weighted by atomic mass is 10.2. The number of nitrogens with two attached hydrogens (primary N) is 1. The molecule has 1 aromatic carbocycles. The van der Waals surface area contributed by atoms with Crippen molar-refractivity contribution in [1.29, 1.82) is 0 Å². The summed E-state index contributed by atoms with van der Waals surface area (Å²) < 4.78 is 1.62. The van der Waals surface area contributed by atoms with Crippen LogP contribution in [0.25, 0.3) is 10.9 Å². The van der Waals surface area contributed by atoms with Crippen LogP contribution in [-0.4, -0.2) is 4.68 Å². The molecule has 2 heteroatoms. The van der Waals surface area contributed by atoms with Crippen molar-refractivity contribution in [3.8, 4) is 0 Å². The fraction of sp³-hybridized carbons (Fsp3) is 0.429. The predicted molar refractivity (Wildman–Crippen MR) is 71.9 cm³/mol. The Morgan fingerprint density at radius 2 is 1.62 bits per heavy atom. The van der Waals surface area contributed by atoms with Gasteiger partial charge in [-0.05, 0) is 12.1 Å². The van der Waals surface area contributed by atoms with Gasteiger partial charge in [0.15, 0.2) is 0 Å². The van der Waals surface area contributed by atoms with E-state index in [0.717, 1.165) is 5.52 Å². The first-order valence-electron chi connectivity index (χ1n) is 6.10. The van der Waals surface area contributed by atoms with Gasteiger partial charge < -0.3 is 5.84 Å². The molecule has 0 spiro atoms. The van der Waals surface area contributed by atoms with Gasteiger partial charge >= 0.3 is 0 Å². The molecule has 2 N–H and O–H groups in total. The largest absolute Gasteiger partial charge is 0.339 e. The van der Waals surface area contributed by atoms with Gasteiger partial charge in [-0.3, -0.25) is 4.68 Å². The molecule has 0 amide bonds. The van der Waals surface area contributed by atoms with Gasteiger partial charge in [-0.1, -0.05) is 57.7 Å². The Bertz CT molecular complexity index is 400. The molecule has 0 bridgehead atoms. The SMILES string of the molecule is CCCCCC.Nn1ccc2ccccc21. The Labute approximate surface area is 98.0 Å². The highest BCUT2D eigenvalue weighted by molar-refractivity contribution is 5.79. The number of fused-ring (bicyclic) bond motifs is 1. The fourth-order valence-electron chi connectivity index (χ4n) is 1.60. The van der Waals surface area contributed by atoms with Gasteiger partial charge in [0.1, 0.15) is 0 Å². The second-order valence-electron chi connectivity index (χ2n) is 3.99. The monoisotopic (exact) mass is 218 g/mol. The Hall–Kier alpha value is -1.44. The van der Waals surface area contributed by atoms with E-state index in [-0.39, 0.29) is 0 Å². The molecule has 0 saturated carbocycles. The van der Waals surface area contributed by atoms with Crippen molar-refractivity contribution in [3.63, 3.8) is 0 Å². The predicted octanol–water partition coefficient (Wildman–Crippen LogP) is 3.94. The van der Waals surface area contributed by atoms with Crippen molar-refractivity contribution in [2.45, 2.75) is 39.5 Å². The maximum atomic E-state index is 5.59. The van der Waals surface area contributed by atoms with Crippen molar-refractivity contribution in [1.82, 2.24) is 4.68 Å². The molecule has 0 radical (unpaired) electrons. The first-order chi connectivity index (χ1) is 7.79. The third kappa shape index (κ3) is 3.61. The molecule has 0 unspecified atom stereocenters. The maximum absolute atomic E-state index is 5.59. The number of para-hydroxylation sites is 1. The van der Waals surface area contributed by atoms with Crippen LogP contribution in [0.15, 0.2) is 36.5 Å². The summed E-state index contributed by atoms with van der Waals surface area (Å²) in [6.07, 6.45) is 7.39. The van der Waals surface area contributed by atoms with Gasteiger partial charge in [-0.15, -0.1) is 0 Å². The lowest BCUT2D eigenvalue weighted by Crippen LogP contribution is -2.04. The van der Waals surface area contributed by atoms with Crippen LogP contribution >= 0.6 is 0 Å². The number of hydrogen-bond donors (Lipinski definition) is 1. The Kier molecular flexibility index (Phi) is 5.48. The van der Waals surface area contributed by atoms with E-state index in [1.165, 1.54) is 31.1 Å². The summed E-state index contributed by atoms with van der Waals surface area (Å²) in [5.41, 5.74) is 1.07. The van der Waals surface area contributed by atoms with Crippen molar-refractivity contribution in [2.24, 2.45) is 0 Å². The van der Waals surface area contributed by atoms with E-state index in [4.69, 9.17) is 5.84 Å². The number of hydrogen-bond acceptors (Lipinski definition) is 1. The molecule has 0 aliphatic carbocycles. The van der Waals surface area contributed by atoms with Gasteiger partial charge in [0, 0.05) is 11.6 Å². The Balaban J connectivity index is 0.000000187. The highest BCUT2D eigenvalue weighted by atomic mass is 15.3. The molecule has 16 heavy (non-hydrogen) atoms. The van der Waals surface area contributed by atoms with Crippen molar-refractivity contribution < 1.29 is 0 Å². The van der Waals surface area contributed by atoms with Crippen LogP contribution in [0.5, 0.6) is 0 Å². The molecule has 0 aliphatic heterocycles. The number of benzene rings is 1. The molecule has 1 aromatic heterocycles. The van der Waals surface area contributed by atoms with Crippen LogP contribution in [0.4, 0.5) is 0 Å². The minimum Gasteiger partial charge on any atom is -0.339 e. The summed E-state index contributed by atoms with van der Waals surface area (Å²) in [4.78, 5) is 0. The van der Waals surface area contributed by atoms with Gasteiger partial charge in [-0.2, -0.15) is 0 Å². The van der Waals surface area contributed by atoms with Gasteiger partial charge in [0.05, 0.1) is 5.52 Å². The second-order valence-corrected chi connectivity index (χ2v) is 3.99. The van der Waals surface area contributed by atoms with Crippen molar-refractivity contribution in [3.05, 3.63) is 36.5 Å². The smallest absolute Gasteiger partial charge is 0.0690 e. The molecule has 1 heterocycles. The Morgan fingerprint density at radius 3 is 2.19 bits per heavy atom. The van der Waals surface area contributed by atoms with E-state index in [2.05, 4.69) is 13.8 Å². The van der Waals surface area contributed by atoms with Crippen LogP contribution in [0.2, 0.25) is 0 Å². The van der Waals surface area contributed by atoms with E-state index in [1.807, 2.05) is 36.5 Å². The summed E-state index contributed by atoms with van der Waals surface area (Å²) in [5, 5.41) is 1.19. The highest BCUT2D eigenvalue weighted by Gasteiger charge is 1.92. The molecule has 2 rings (SSSR count). The molecule has 88 valence electrons. The zero-order valence-corrected chi connectivity index (χ0v) is 10.3. The summed E-state index contributed by atoms with van der Waals surface area (Å²) in [6, 6.07) is 10.0. The van der Waals surface area contributed by atoms with E-state index in [1.54, 1.807) is 4.68 Å². The first kappa shape index (κ1) is 12.6. The molecule has 2 nitrogen and oxygen atoms in total.